The molecule has 0 aromatic carbocycles. The van der Waals surface area contributed by atoms with Gasteiger partial charge in [-0.1, -0.05) is 11.6 Å². The molecular formula is C13H21ClN2O2. The summed E-state index contributed by atoms with van der Waals surface area (Å²) in [6, 6.07) is 0. The molecule has 0 radical (unpaired) electrons. The number of halogens is 1. The van der Waals surface area contributed by atoms with Crippen LogP contribution in [0.5, 0.6) is 0 Å². The fraction of sp³-hybridized carbons (Fsp3) is 0.769. The first-order chi connectivity index (χ1) is 8.14. The lowest BCUT2D eigenvalue weighted by Crippen LogP contribution is -2.33. The molecule has 2 rings (SSSR count). The molecule has 0 saturated carbocycles. The Kier molecular flexibility index (Phi) is 3.24. The van der Waals surface area contributed by atoms with Crippen LogP contribution in [0.3, 0.4) is 0 Å². The van der Waals surface area contributed by atoms with Crippen molar-refractivity contribution in [1.82, 2.24) is 9.55 Å². The third-order valence-corrected chi connectivity index (χ3v) is 4.11. The van der Waals surface area contributed by atoms with Gasteiger partial charge < -0.3 is 14.4 Å². The van der Waals surface area contributed by atoms with Crippen LogP contribution < -0.4 is 0 Å². The van der Waals surface area contributed by atoms with Crippen LogP contribution in [0.25, 0.3) is 0 Å². The summed E-state index contributed by atoms with van der Waals surface area (Å²) in [6.45, 7) is 8.13. The average molecular weight is 273 g/mol. The molecule has 1 aromatic rings. The molecule has 2 heterocycles. The van der Waals surface area contributed by atoms with Gasteiger partial charge in [-0.2, -0.15) is 0 Å². The normalized spacial score (nSPS) is 27.4. The SMILES string of the molecule is Cn1c(Cl)cnc1C(O)C1CC(C)(C)OC1(C)C. The molecular weight excluding hydrogens is 252 g/mol. The highest BCUT2D eigenvalue weighted by atomic mass is 35.5. The highest BCUT2D eigenvalue weighted by Crippen LogP contribution is 2.47. The zero-order valence-corrected chi connectivity index (χ0v) is 12.3. The number of hydrogen-bond acceptors (Lipinski definition) is 3. The first kappa shape index (κ1) is 13.8. The van der Waals surface area contributed by atoms with Crippen LogP contribution in [0, 0.1) is 5.92 Å². The monoisotopic (exact) mass is 272 g/mol. The predicted octanol–water partition coefficient (Wildman–Crippen LogP) is 2.70. The van der Waals surface area contributed by atoms with Gasteiger partial charge in [0.15, 0.2) is 0 Å². The van der Waals surface area contributed by atoms with Crippen LogP contribution in [0.2, 0.25) is 5.15 Å². The zero-order chi connectivity index (χ0) is 13.7. The van der Waals surface area contributed by atoms with Crippen molar-refractivity contribution in [3.05, 3.63) is 17.2 Å². The molecule has 2 atom stereocenters. The number of nitrogens with zero attached hydrogens (tertiary/aromatic N) is 2. The minimum Gasteiger partial charge on any atom is -0.385 e. The van der Waals surface area contributed by atoms with Gasteiger partial charge in [-0.15, -0.1) is 0 Å². The van der Waals surface area contributed by atoms with Gasteiger partial charge in [0.1, 0.15) is 17.1 Å². The predicted molar refractivity (Wildman–Crippen MR) is 70.5 cm³/mol. The lowest BCUT2D eigenvalue weighted by atomic mass is 9.82. The van der Waals surface area contributed by atoms with Gasteiger partial charge in [0.2, 0.25) is 0 Å². The summed E-state index contributed by atoms with van der Waals surface area (Å²) in [5, 5.41) is 11.1. The third kappa shape index (κ3) is 2.29. The first-order valence-corrected chi connectivity index (χ1v) is 6.57. The highest BCUT2D eigenvalue weighted by molar-refractivity contribution is 6.29. The van der Waals surface area contributed by atoms with Crippen molar-refractivity contribution in [1.29, 1.82) is 0 Å². The number of aliphatic hydroxyl groups excluding tert-OH is 1. The Morgan fingerprint density at radius 3 is 2.50 bits per heavy atom. The largest absolute Gasteiger partial charge is 0.385 e. The number of ether oxygens (including phenoxy) is 1. The summed E-state index contributed by atoms with van der Waals surface area (Å²) in [6.07, 6.45) is 1.69. The molecule has 1 N–H and O–H groups in total. The Balaban J connectivity index is 2.29. The van der Waals surface area contributed by atoms with Crippen LogP contribution in [0.4, 0.5) is 0 Å². The maximum atomic E-state index is 10.6. The van der Waals surface area contributed by atoms with E-state index < -0.39 is 6.10 Å². The van der Waals surface area contributed by atoms with E-state index in [2.05, 4.69) is 4.98 Å². The van der Waals surface area contributed by atoms with Gasteiger partial charge in [-0.3, -0.25) is 0 Å². The van der Waals surface area contributed by atoms with Crippen molar-refractivity contribution in [3.8, 4) is 0 Å². The summed E-state index contributed by atoms with van der Waals surface area (Å²) in [5.41, 5.74) is -0.592. The minimum absolute atomic E-state index is 0.00432. The molecule has 0 bridgehead atoms. The molecule has 5 heteroatoms. The number of rotatable bonds is 2. The van der Waals surface area contributed by atoms with E-state index in [4.69, 9.17) is 16.3 Å². The van der Waals surface area contributed by atoms with E-state index in [0.717, 1.165) is 6.42 Å². The van der Waals surface area contributed by atoms with Gasteiger partial charge in [0, 0.05) is 13.0 Å². The summed E-state index contributed by atoms with van der Waals surface area (Å²) < 4.78 is 7.72. The van der Waals surface area contributed by atoms with E-state index in [0.29, 0.717) is 11.0 Å². The van der Waals surface area contributed by atoms with Crippen molar-refractivity contribution >= 4 is 11.6 Å². The van der Waals surface area contributed by atoms with Gasteiger partial charge in [0.25, 0.3) is 0 Å². The molecule has 1 fully saturated rings. The molecule has 0 aliphatic carbocycles. The minimum atomic E-state index is -0.667. The molecule has 0 spiro atoms. The van der Waals surface area contributed by atoms with Crippen molar-refractivity contribution in [3.63, 3.8) is 0 Å². The molecule has 2 unspecified atom stereocenters. The molecule has 4 nitrogen and oxygen atoms in total. The Morgan fingerprint density at radius 1 is 1.50 bits per heavy atom. The summed E-state index contributed by atoms with van der Waals surface area (Å²) >= 11 is 5.97. The van der Waals surface area contributed by atoms with E-state index in [9.17, 15) is 5.11 Å². The standard InChI is InChI=1S/C13H21ClN2O2/c1-12(2)6-8(13(3,4)18-12)10(17)11-15-7-9(14)16(11)5/h7-8,10,17H,6H2,1-5H3. The molecule has 1 aromatic heterocycles. The van der Waals surface area contributed by atoms with Crippen molar-refractivity contribution in [2.75, 3.05) is 0 Å². The van der Waals surface area contributed by atoms with Crippen molar-refractivity contribution < 1.29 is 9.84 Å². The second-order valence-corrected chi connectivity index (χ2v) is 6.61. The van der Waals surface area contributed by atoms with Crippen LogP contribution in [0.15, 0.2) is 6.20 Å². The second kappa shape index (κ2) is 4.22. The van der Waals surface area contributed by atoms with E-state index in [1.807, 2.05) is 34.7 Å². The maximum absolute atomic E-state index is 10.6. The third-order valence-electron chi connectivity index (χ3n) is 3.76. The van der Waals surface area contributed by atoms with E-state index in [1.165, 1.54) is 0 Å². The Hall–Kier alpha value is -0.580. The van der Waals surface area contributed by atoms with Crippen molar-refractivity contribution in [2.24, 2.45) is 13.0 Å². The molecule has 18 heavy (non-hydrogen) atoms. The lowest BCUT2D eigenvalue weighted by molar-refractivity contribution is -0.0890. The van der Waals surface area contributed by atoms with E-state index >= 15 is 0 Å². The van der Waals surface area contributed by atoms with Crippen LogP contribution >= 0.6 is 11.6 Å². The first-order valence-electron chi connectivity index (χ1n) is 6.19. The van der Waals surface area contributed by atoms with E-state index in [-0.39, 0.29) is 17.1 Å². The molecule has 1 aliphatic rings. The topological polar surface area (TPSA) is 47.3 Å². The highest BCUT2D eigenvalue weighted by Gasteiger charge is 2.49. The van der Waals surface area contributed by atoms with E-state index in [1.54, 1.807) is 10.8 Å². The zero-order valence-electron chi connectivity index (χ0n) is 11.6. The molecule has 1 aliphatic heterocycles. The smallest absolute Gasteiger partial charge is 0.138 e. The molecule has 102 valence electrons. The Bertz CT molecular complexity index is 454. The molecule has 1 saturated heterocycles. The number of aliphatic hydroxyl groups is 1. The van der Waals surface area contributed by atoms with Gasteiger partial charge in [-0.25, -0.2) is 4.98 Å². The fourth-order valence-corrected chi connectivity index (χ4v) is 3.09. The van der Waals surface area contributed by atoms with Crippen LogP contribution in [-0.2, 0) is 11.8 Å². The van der Waals surface area contributed by atoms with Gasteiger partial charge in [0.05, 0.1) is 17.4 Å². The number of aromatic nitrogens is 2. The lowest BCUT2D eigenvalue weighted by Gasteiger charge is -2.30. The average Bonchev–Trinajstić information content (AvgIpc) is 2.64. The van der Waals surface area contributed by atoms with Gasteiger partial charge >= 0.3 is 0 Å². The van der Waals surface area contributed by atoms with Crippen LogP contribution in [-0.4, -0.2) is 25.9 Å². The van der Waals surface area contributed by atoms with Crippen LogP contribution in [0.1, 0.15) is 46.0 Å². The van der Waals surface area contributed by atoms with Gasteiger partial charge in [-0.05, 0) is 34.1 Å². The molecule has 0 amide bonds. The maximum Gasteiger partial charge on any atom is 0.138 e. The Labute approximate surface area is 113 Å². The fourth-order valence-electron chi connectivity index (χ4n) is 2.95. The number of imidazole rings is 1. The summed E-state index contributed by atoms with van der Waals surface area (Å²) in [7, 11) is 1.81. The Morgan fingerprint density at radius 2 is 2.11 bits per heavy atom. The summed E-state index contributed by atoms with van der Waals surface area (Å²) in [4.78, 5) is 4.20. The summed E-state index contributed by atoms with van der Waals surface area (Å²) in [5.74, 6) is 0.601. The second-order valence-electron chi connectivity index (χ2n) is 6.22. The number of hydrogen-bond donors (Lipinski definition) is 1. The quantitative estimate of drug-likeness (QED) is 0.900. The van der Waals surface area contributed by atoms with Crippen molar-refractivity contribution in [2.45, 2.75) is 51.4 Å².